The smallest absolute Gasteiger partial charge is 0.418 e. The molecule has 0 aliphatic heterocycles. The van der Waals surface area contributed by atoms with Gasteiger partial charge in [-0.1, -0.05) is 17.3 Å². The first-order valence-corrected chi connectivity index (χ1v) is 10.3. The number of anilines is 2. The largest absolute Gasteiger partial charge is 0.511 e. The third kappa shape index (κ3) is 7.85. The van der Waals surface area contributed by atoms with Gasteiger partial charge in [0.05, 0.1) is 23.0 Å². The quantitative estimate of drug-likeness (QED) is 0.155. The number of para-hydroxylation sites is 1. The lowest BCUT2D eigenvalue weighted by Crippen LogP contribution is -2.18. The average molecular weight is 540 g/mol. The molecule has 0 aliphatic carbocycles. The molecular formula is C24H18F6N4O4. The van der Waals surface area contributed by atoms with Crippen LogP contribution >= 0.6 is 0 Å². The number of nitrogens with one attached hydrogen (secondary N) is 2. The number of benzene rings is 2. The van der Waals surface area contributed by atoms with E-state index in [0.29, 0.717) is 5.76 Å². The van der Waals surface area contributed by atoms with Crippen LogP contribution in [0.5, 0.6) is 0 Å². The first kappa shape index (κ1) is 29.4. The van der Waals surface area contributed by atoms with Crippen LogP contribution in [0.4, 0.5) is 37.7 Å². The van der Waals surface area contributed by atoms with Crippen LogP contribution in [0.25, 0.3) is 0 Å². The van der Waals surface area contributed by atoms with Gasteiger partial charge in [-0.25, -0.2) is 0 Å². The summed E-state index contributed by atoms with van der Waals surface area (Å²) in [7, 11) is 0. The second-order valence-corrected chi connectivity index (χ2v) is 7.39. The number of aromatic nitrogens is 1. The Morgan fingerprint density at radius 2 is 1.58 bits per heavy atom. The molecule has 8 nitrogen and oxygen atoms in total. The average Bonchev–Trinajstić information content (AvgIpc) is 3.25. The number of nitriles is 1. The normalized spacial score (nSPS) is 11.9. The highest BCUT2D eigenvalue weighted by Gasteiger charge is 2.34. The van der Waals surface area contributed by atoms with Crippen LogP contribution in [0.3, 0.4) is 0 Å². The third-order valence-corrected chi connectivity index (χ3v) is 4.65. The molecule has 2 aromatic carbocycles. The zero-order valence-electron chi connectivity index (χ0n) is 19.5. The summed E-state index contributed by atoms with van der Waals surface area (Å²) in [5, 5.41) is 25.5. The van der Waals surface area contributed by atoms with E-state index >= 15 is 0 Å². The van der Waals surface area contributed by atoms with E-state index in [1.165, 1.54) is 36.5 Å². The molecule has 1 heterocycles. The van der Waals surface area contributed by atoms with Crippen molar-refractivity contribution in [3.63, 3.8) is 0 Å². The van der Waals surface area contributed by atoms with Crippen molar-refractivity contribution in [1.82, 2.24) is 5.16 Å². The lowest BCUT2D eigenvalue weighted by Gasteiger charge is -2.13. The van der Waals surface area contributed by atoms with Crippen molar-refractivity contribution < 1.29 is 45.6 Å². The molecule has 0 radical (unpaired) electrons. The Balaban J connectivity index is 0.000000267. The third-order valence-electron chi connectivity index (χ3n) is 4.65. The van der Waals surface area contributed by atoms with Crippen LogP contribution in [-0.2, 0) is 17.1 Å². The molecular weight excluding hydrogens is 522 g/mol. The van der Waals surface area contributed by atoms with Gasteiger partial charge in [-0.3, -0.25) is 9.59 Å². The molecule has 0 saturated heterocycles. The number of hydrogen-bond donors (Lipinski definition) is 3. The van der Waals surface area contributed by atoms with E-state index < -0.39 is 52.3 Å². The zero-order valence-corrected chi connectivity index (χ0v) is 19.5. The Kier molecular flexibility index (Phi) is 9.26. The van der Waals surface area contributed by atoms with Crippen molar-refractivity contribution in [2.24, 2.45) is 0 Å². The molecule has 1 aromatic heterocycles. The number of amides is 2. The van der Waals surface area contributed by atoms with Crippen LogP contribution in [0, 0.1) is 18.3 Å². The van der Waals surface area contributed by atoms with Crippen LogP contribution in [-0.4, -0.2) is 22.1 Å². The van der Waals surface area contributed by atoms with Gasteiger partial charge in [0.1, 0.15) is 23.2 Å². The maximum absolute atomic E-state index is 12.7. The number of carbonyl (C=O) groups excluding carboxylic acids is 2. The van der Waals surface area contributed by atoms with Gasteiger partial charge in [0.15, 0.2) is 5.57 Å². The highest BCUT2D eigenvalue weighted by Crippen LogP contribution is 2.34. The van der Waals surface area contributed by atoms with E-state index in [-0.39, 0.29) is 11.3 Å². The van der Waals surface area contributed by atoms with E-state index in [4.69, 9.17) is 14.9 Å². The number of hydrogen-bond acceptors (Lipinski definition) is 6. The first-order valence-electron chi connectivity index (χ1n) is 10.3. The van der Waals surface area contributed by atoms with Gasteiger partial charge in [-0.15, -0.1) is 0 Å². The molecule has 200 valence electrons. The zero-order chi connectivity index (χ0) is 28.7. The van der Waals surface area contributed by atoms with Crippen LogP contribution < -0.4 is 10.6 Å². The minimum Gasteiger partial charge on any atom is -0.511 e. The van der Waals surface area contributed by atoms with E-state index in [2.05, 4.69) is 10.5 Å². The van der Waals surface area contributed by atoms with E-state index in [1.54, 1.807) is 6.92 Å². The summed E-state index contributed by atoms with van der Waals surface area (Å²) >= 11 is 0. The summed E-state index contributed by atoms with van der Waals surface area (Å²) in [5.41, 5.74) is -2.42. The molecule has 0 fully saturated rings. The van der Waals surface area contributed by atoms with Crippen molar-refractivity contribution in [1.29, 1.82) is 5.26 Å². The minimum absolute atomic E-state index is 0.236. The lowest BCUT2D eigenvalue weighted by molar-refractivity contribution is -0.138. The van der Waals surface area contributed by atoms with Crippen LogP contribution in [0.1, 0.15) is 34.2 Å². The number of nitrogens with zero attached hydrogens (tertiary/aromatic N) is 2. The Labute approximate surface area is 211 Å². The van der Waals surface area contributed by atoms with Crippen molar-refractivity contribution >= 4 is 23.2 Å². The molecule has 2 amide bonds. The monoisotopic (exact) mass is 540 g/mol. The molecule has 0 bridgehead atoms. The fourth-order valence-corrected chi connectivity index (χ4v) is 2.78. The molecule has 3 aromatic rings. The molecule has 3 N–H and O–H groups in total. The first-order chi connectivity index (χ1) is 17.6. The van der Waals surface area contributed by atoms with Crippen LogP contribution in [0.2, 0.25) is 0 Å². The molecule has 38 heavy (non-hydrogen) atoms. The summed E-state index contributed by atoms with van der Waals surface area (Å²) < 4.78 is 79.8. The van der Waals surface area contributed by atoms with Gasteiger partial charge in [-0.05, 0) is 50.2 Å². The summed E-state index contributed by atoms with van der Waals surface area (Å²) in [6, 6.07) is 9.93. The van der Waals surface area contributed by atoms with Gasteiger partial charge in [-0.2, -0.15) is 31.6 Å². The summed E-state index contributed by atoms with van der Waals surface area (Å²) in [6.07, 6.45) is -7.78. The molecule has 0 saturated carbocycles. The highest BCUT2D eigenvalue weighted by molar-refractivity contribution is 6.07. The molecule has 14 heteroatoms. The number of rotatable bonds is 4. The lowest BCUT2D eigenvalue weighted by atomic mass is 10.1. The summed E-state index contributed by atoms with van der Waals surface area (Å²) in [4.78, 5) is 23.3. The Bertz CT molecular complexity index is 1370. The molecule has 0 unspecified atom stereocenters. The van der Waals surface area contributed by atoms with Gasteiger partial charge in [0.2, 0.25) is 0 Å². The van der Waals surface area contributed by atoms with Crippen molar-refractivity contribution in [2.45, 2.75) is 26.2 Å². The van der Waals surface area contributed by atoms with Crippen LogP contribution in [0.15, 0.2) is 70.6 Å². The van der Waals surface area contributed by atoms with Crippen molar-refractivity contribution in [2.75, 3.05) is 10.6 Å². The van der Waals surface area contributed by atoms with E-state index in [9.17, 15) is 35.9 Å². The predicted octanol–water partition coefficient (Wildman–Crippen LogP) is 6.25. The number of aryl methyl sites for hydroxylation is 1. The van der Waals surface area contributed by atoms with Crippen molar-refractivity contribution in [3.05, 3.63) is 88.5 Å². The molecule has 0 aliphatic rings. The summed E-state index contributed by atoms with van der Waals surface area (Å²) in [5.74, 6) is -1.81. The number of aliphatic hydroxyl groups excluding tert-OH is 1. The number of aliphatic hydroxyl groups is 1. The number of carbonyl (C=O) groups is 2. The SMILES string of the molecule is C/C(O)=C(\C#N)C(=O)Nc1ccccc1C(F)(F)F.Cc1oncc1C(=O)Nc1ccc(C(F)(F)F)cc1. The van der Waals surface area contributed by atoms with E-state index in [0.717, 1.165) is 31.2 Å². The highest BCUT2D eigenvalue weighted by atomic mass is 19.4. The Morgan fingerprint density at radius 3 is 2.05 bits per heavy atom. The van der Waals surface area contributed by atoms with Crippen molar-refractivity contribution in [3.8, 4) is 6.07 Å². The molecule has 0 spiro atoms. The predicted molar refractivity (Wildman–Crippen MR) is 122 cm³/mol. The fraction of sp³-hybridized carbons (Fsp3) is 0.167. The second-order valence-electron chi connectivity index (χ2n) is 7.39. The number of halogens is 6. The molecule has 0 atom stereocenters. The molecule has 3 rings (SSSR count). The van der Waals surface area contributed by atoms with Gasteiger partial charge >= 0.3 is 12.4 Å². The topological polar surface area (TPSA) is 128 Å². The summed E-state index contributed by atoms with van der Waals surface area (Å²) in [6.45, 7) is 2.66. The second kappa shape index (κ2) is 12.0. The Morgan fingerprint density at radius 1 is 0.974 bits per heavy atom. The number of allylic oxidation sites excluding steroid dienone is 1. The maximum atomic E-state index is 12.7. The fourth-order valence-electron chi connectivity index (χ4n) is 2.78. The van der Waals surface area contributed by atoms with Gasteiger partial charge in [0.25, 0.3) is 11.8 Å². The maximum Gasteiger partial charge on any atom is 0.418 e. The van der Waals surface area contributed by atoms with Gasteiger partial charge in [0, 0.05) is 5.69 Å². The number of alkyl halides is 6. The standard InChI is InChI=1S/2C12H9F3N2O2/c1-7-10(6-16-19-7)11(18)17-9-4-2-8(3-5-9)12(13,14)15;1-7(18)8(6-16)11(19)17-10-5-3-2-4-9(10)12(13,14)15/h2-6H,1H3,(H,17,18);2-5,18H,1H3,(H,17,19)/b;8-7-. The van der Waals surface area contributed by atoms with Gasteiger partial charge < -0.3 is 20.3 Å². The van der Waals surface area contributed by atoms with E-state index in [1.807, 2.05) is 5.32 Å². The Hall–Kier alpha value is -4.80. The minimum atomic E-state index is -4.63.